The topological polar surface area (TPSA) is 24.1 Å². The molecule has 108 valence electrons. The van der Waals surface area contributed by atoms with Crippen LogP contribution in [0.1, 0.15) is 52.0 Å². The minimum absolute atomic E-state index is 0.232. The molecule has 19 heavy (non-hydrogen) atoms. The molecule has 0 heterocycles. The third-order valence-corrected chi connectivity index (χ3v) is 3.34. The molecule has 0 aromatic heterocycles. The normalized spacial score (nSPS) is 13.5. The number of rotatable bonds is 8. The van der Waals surface area contributed by atoms with E-state index in [0.29, 0.717) is 5.92 Å². The lowest BCUT2D eigenvalue weighted by Gasteiger charge is -2.21. The van der Waals surface area contributed by atoms with Gasteiger partial charge in [0, 0.05) is 12.1 Å². The van der Waals surface area contributed by atoms with Gasteiger partial charge in [0.2, 0.25) is 0 Å². The molecule has 0 saturated heterocycles. The van der Waals surface area contributed by atoms with Crippen molar-refractivity contribution in [1.29, 1.82) is 0 Å². The zero-order valence-corrected chi connectivity index (χ0v) is 13.0. The average Bonchev–Trinajstić information content (AvgIpc) is 2.38. The molecule has 2 N–H and O–H groups in total. The highest BCUT2D eigenvalue weighted by molar-refractivity contribution is 5.19. The van der Waals surface area contributed by atoms with Crippen molar-refractivity contribution in [2.75, 3.05) is 19.6 Å². The summed E-state index contributed by atoms with van der Waals surface area (Å²) in [7, 11) is 0. The minimum Gasteiger partial charge on any atom is -0.316 e. The molecule has 2 nitrogen and oxygen atoms in total. The van der Waals surface area contributed by atoms with Crippen molar-refractivity contribution in [1.82, 2.24) is 10.6 Å². The molecule has 0 saturated carbocycles. The summed E-state index contributed by atoms with van der Waals surface area (Å²) in [5.74, 6) is 0.636. The quantitative estimate of drug-likeness (QED) is 0.700. The molecule has 1 aromatic rings. The molecule has 1 unspecified atom stereocenters. The minimum atomic E-state index is 0.232. The van der Waals surface area contributed by atoms with Crippen LogP contribution in [0.2, 0.25) is 0 Å². The lowest BCUT2D eigenvalue weighted by molar-refractivity contribution is 0.417. The fourth-order valence-electron chi connectivity index (χ4n) is 2.18. The van der Waals surface area contributed by atoms with Crippen LogP contribution in [0.15, 0.2) is 30.3 Å². The van der Waals surface area contributed by atoms with Crippen LogP contribution in [-0.2, 0) is 0 Å². The zero-order valence-electron chi connectivity index (χ0n) is 13.0. The first kappa shape index (κ1) is 16.2. The lowest BCUT2D eigenvalue weighted by atomic mass is 9.96. The van der Waals surface area contributed by atoms with Gasteiger partial charge in [0.25, 0.3) is 0 Å². The van der Waals surface area contributed by atoms with Gasteiger partial charge in [0.1, 0.15) is 0 Å². The van der Waals surface area contributed by atoms with Gasteiger partial charge in [0.05, 0.1) is 0 Å². The Labute approximate surface area is 119 Å². The van der Waals surface area contributed by atoms with Crippen molar-refractivity contribution in [3.63, 3.8) is 0 Å². The lowest BCUT2D eigenvalue weighted by Crippen LogP contribution is -2.37. The van der Waals surface area contributed by atoms with Gasteiger partial charge in [-0.2, -0.15) is 0 Å². The summed E-state index contributed by atoms with van der Waals surface area (Å²) in [6.45, 7) is 12.1. The summed E-state index contributed by atoms with van der Waals surface area (Å²) in [5, 5.41) is 7.10. The molecule has 0 aliphatic heterocycles. The number of hydrogen-bond acceptors (Lipinski definition) is 2. The van der Waals surface area contributed by atoms with Crippen LogP contribution in [0, 0.1) is 0 Å². The Hall–Kier alpha value is -0.860. The molecule has 1 atom stereocenters. The number of hydrogen-bond donors (Lipinski definition) is 2. The molecule has 2 heteroatoms. The predicted molar refractivity (Wildman–Crippen MR) is 84.7 cm³/mol. The zero-order chi connectivity index (χ0) is 14.1. The molecular formula is C17H30N2. The molecule has 0 aliphatic carbocycles. The first-order chi connectivity index (χ1) is 9.03. The van der Waals surface area contributed by atoms with E-state index in [0.717, 1.165) is 19.6 Å². The van der Waals surface area contributed by atoms with Gasteiger partial charge in [-0.05, 0) is 58.2 Å². The van der Waals surface area contributed by atoms with E-state index in [1.807, 2.05) is 0 Å². The van der Waals surface area contributed by atoms with E-state index in [1.54, 1.807) is 0 Å². The van der Waals surface area contributed by atoms with Gasteiger partial charge in [-0.3, -0.25) is 0 Å². The fourth-order valence-corrected chi connectivity index (χ4v) is 2.18. The SMILES string of the molecule is CCC(CNCCCNC(C)(C)C)c1ccccc1. The van der Waals surface area contributed by atoms with Crippen LogP contribution in [0.4, 0.5) is 0 Å². The van der Waals surface area contributed by atoms with Gasteiger partial charge >= 0.3 is 0 Å². The monoisotopic (exact) mass is 262 g/mol. The molecule has 0 fully saturated rings. The first-order valence-corrected chi connectivity index (χ1v) is 7.53. The van der Waals surface area contributed by atoms with Crippen molar-refractivity contribution in [2.45, 2.75) is 52.0 Å². The Morgan fingerprint density at radius 1 is 1.05 bits per heavy atom. The molecule has 0 amide bonds. The molecule has 0 bridgehead atoms. The van der Waals surface area contributed by atoms with Crippen LogP contribution in [-0.4, -0.2) is 25.2 Å². The third kappa shape index (κ3) is 7.34. The fraction of sp³-hybridized carbons (Fsp3) is 0.647. The Kier molecular flexibility index (Phi) is 7.11. The van der Waals surface area contributed by atoms with Gasteiger partial charge in [-0.15, -0.1) is 0 Å². The van der Waals surface area contributed by atoms with E-state index >= 15 is 0 Å². The van der Waals surface area contributed by atoms with Crippen molar-refractivity contribution in [3.8, 4) is 0 Å². The molecule has 0 radical (unpaired) electrons. The Bertz CT molecular complexity index is 327. The van der Waals surface area contributed by atoms with Crippen molar-refractivity contribution in [2.24, 2.45) is 0 Å². The smallest absolute Gasteiger partial charge is 0.00965 e. The Morgan fingerprint density at radius 3 is 2.32 bits per heavy atom. The van der Waals surface area contributed by atoms with Gasteiger partial charge in [0.15, 0.2) is 0 Å². The standard InChI is InChI=1S/C17H30N2/c1-5-15(16-10-7-6-8-11-16)14-18-12-9-13-19-17(2,3)4/h6-8,10-11,15,18-19H,5,9,12-14H2,1-4H3. The second kappa shape index (κ2) is 8.34. The van der Waals surface area contributed by atoms with E-state index in [-0.39, 0.29) is 5.54 Å². The highest BCUT2D eigenvalue weighted by Crippen LogP contribution is 2.17. The van der Waals surface area contributed by atoms with E-state index in [9.17, 15) is 0 Å². The van der Waals surface area contributed by atoms with Crippen LogP contribution in [0.5, 0.6) is 0 Å². The first-order valence-electron chi connectivity index (χ1n) is 7.53. The van der Waals surface area contributed by atoms with E-state index in [2.05, 4.69) is 68.7 Å². The summed E-state index contributed by atoms with van der Waals surface area (Å²) in [6, 6.07) is 10.8. The molecular weight excluding hydrogens is 232 g/mol. The van der Waals surface area contributed by atoms with E-state index in [1.165, 1.54) is 18.4 Å². The Morgan fingerprint density at radius 2 is 1.74 bits per heavy atom. The van der Waals surface area contributed by atoms with Crippen LogP contribution >= 0.6 is 0 Å². The molecule has 0 aliphatic rings. The molecule has 1 rings (SSSR count). The maximum Gasteiger partial charge on any atom is 0.00965 e. The van der Waals surface area contributed by atoms with Crippen LogP contribution in [0.25, 0.3) is 0 Å². The highest BCUT2D eigenvalue weighted by Gasteiger charge is 2.09. The number of benzene rings is 1. The van der Waals surface area contributed by atoms with Crippen molar-refractivity contribution >= 4 is 0 Å². The summed E-state index contributed by atoms with van der Waals surface area (Å²) in [6.07, 6.45) is 2.37. The molecule has 1 aromatic carbocycles. The average molecular weight is 262 g/mol. The maximum atomic E-state index is 3.58. The summed E-state index contributed by atoms with van der Waals surface area (Å²) < 4.78 is 0. The third-order valence-electron chi connectivity index (χ3n) is 3.34. The van der Waals surface area contributed by atoms with Crippen LogP contribution < -0.4 is 10.6 Å². The van der Waals surface area contributed by atoms with E-state index in [4.69, 9.17) is 0 Å². The van der Waals surface area contributed by atoms with Crippen molar-refractivity contribution < 1.29 is 0 Å². The Balaban J connectivity index is 2.17. The van der Waals surface area contributed by atoms with Crippen LogP contribution in [0.3, 0.4) is 0 Å². The number of nitrogens with one attached hydrogen (secondary N) is 2. The van der Waals surface area contributed by atoms with Gasteiger partial charge < -0.3 is 10.6 Å². The highest BCUT2D eigenvalue weighted by atomic mass is 14.9. The largest absolute Gasteiger partial charge is 0.316 e. The molecule has 0 spiro atoms. The summed E-state index contributed by atoms with van der Waals surface area (Å²) >= 11 is 0. The summed E-state index contributed by atoms with van der Waals surface area (Å²) in [5.41, 5.74) is 1.68. The second-order valence-electron chi connectivity index (χ2n) is 6.25. The summed E-state index contributed by atoms with van der Waals surface area (Å²) in [4.78, 5) is 0. The maximum absolute atomic E-state index is 3.58. The van der Waals surface area contributed by atoms with Gasteiger partial charge in [-0.25, -0.2) is 0 Å². The second-order valence-corrected chi connectivity index (χ2v) is 6.25. The van der Waals surface area contributed by atoms with E-state index < -0.39 is 0 Å². The van der Waals surface area contributed by atoms with Crippen molar-refractivity contribution in [3.05, 3.63) is 35.9 Å². The predicted octanol–water partition coefficient (Wildman–Crippen LogP) is 3.55. The van der Waals surface area contributed by atoms with Gasteiger partial charge in [-0.1, -0.05) is 37.3 Å².